The smallest absolute Gasteiger partial charge is 0.224 e. The van der Waals surface area contributed by atoms with Crippen molar-refractivity contribution in [1.29, 1.82) is 0 Å². The van der Waals surface area contributed by atoms with Gasteiger partial charge >= 0.3 is 0 Å². The molecule has 4 nitrogen and oxygen atoms in total. The lowest BCUT2D eigenvalue weighted by atomic mass is 10.1. The monoisotopic (exact) mass is 396 g/mol. The fourth-order valence-corrected chi connectivity index (χ4v) is 2.77. The number of nitrogens with one attached hydrogen (secondary N) is 2. The average molecular weight is 397 g/mol. The summed E-state index contributed by atoms with van der Waals surface area (Å²) in [6.45, 7) is 2.91. The third kappa shape index (κ3) is 5.29. The maximum absolute atomic E-state index is 4.52. The SMILES string of the molecule is Cc1cc(Nc2ccnc(NCCCc3ccccc3)n2)ccc1Br. The maximum Gasteiger partial charge on any atom is 0.224 e. The summed E-state index contributed by atoms with van der Waals surface area (Å²) in [6.07, 6.45) is 3.85. The van der Waals surface area contributed by atoms with Gasteiger partial charge in [0.25, 0.3) is 0 Å². The molecule has 1 aromatic heterocycles. The zero-order chi connectivity index (χ0) is 17.5. The molecule has 0 atom stereocenters. The third-order valence-electron chi connectivity index (χ3n) is 3.85. The van der Waals surface area contributed by atoms with Gasteiger partial charge in [-0.2, -0.15) is 4.98 Å². The molecule has 2 N–H and O–H groups in total. The summed E-state index contributed by atoms with van der Waals surface area (Å²) in [5, 5.41) is 6.61. The minimum atomic E-state index is 0.645. The summed E-state index contributed by atoms with van der Waals surface area (Å²) in [4.78, 5) is 8.81. The number of aryl methyl sites for hydroxylation is 2. The molecule has 2 aromatic carbocycles. The lowest BCUT2D eigenvalue weighted by Gasteiger charge is -2.09. The van der Waals surface area contributed by atoms with Crippen molar-refractivity contribution in [3.63, 3.8) is 0 Å². The molecule has 5 heteroatoms. The molecule has 0 spiro atoms. The number of hydrogen-bond donors (Lipinski definition) is 2. The van der Waals surface area contributed by atoms with Gasteiger partial charge in [0.15, 0.2) is 0 Å². The second-order valence-corrected chi connectivity index (χ2v) is 6.72. The Balaban J connectivity index is 1.53. The Morgan fingerprint density at radius 2 is 1.88 bits per heavy atom. The zero-order valence-corrected chi connectivity index (χ0v) is 15.8. The van der Waals surface area contributed by atoms with Gasteiger partial charge in [-0.1, -0.05) is 46.3 Å². The van der Waals surface area contributed by atoms with Crippen molar-refractivity contribution in [1.82, 2.24) is 9.97 Å². The first kappa shape index (κ1) is 17.4. The molecule has 0 bridgehead atoms. The molecule has 0 saturated carbocycles. The largest absolute Gasteiger partial charge is 0.354 e. The number of hydrogen-bond acceptors (Lipinski definition) is 4. The summed E-state index contributed by atoms with van der Waals surface area (Å²) in [6, 6.07) is 18.5. The second-order valence-electron chi connectivity index (χ2n) is 5.87. The van der Waals surface area contributed by atoms with Crippen LogP contribution in [0.3, 0.4) is 0 Å². The highest BCUT2D eigenvalue weighted by atomic mass is 79.9. The fraction of sp³-hybridized carbons (Fsp3) is 0.200. The van der Waals surface area contributed by atoms with E-state index in [4.69, 9.17) is 0 Å². The van der Waals surface area contributed by atoms with E-state index in [2.05, 4.69) is 73.8 Å². The van der Waals surface area contributed by atoms with E-state index in [0.29, 0.717) is 5.95 Å². The first-order valence-corrected chi connectivity index (χ1v) is 9.14. The van der Waals surface area contributed by atoms with Crippen LogP contribution in [0, 0.1) is 6.92 Å². The van der Waals surface area contributed by atoms with Crippen LogP contribution >= 0.6 is 15.9 Å². The van der Waals surface area contributed by atoms with Gasteiger partial charge in [-0.3, -0.25) is 0 Å². The van der Waals surface area contributed by atoms with Crippen molar-refractivity contribution in [3.05, 3.63) is 76.4 Å². The van der Waals surface area contributed by atoms with Crippen LogP contribution in [0.15, 0.2) is 65.3 Å². The summed E-state index contributed by atoms with van der Waals surface area (Å²) in [5.74, 6) is 1.43. The summed E-state index contributed by atoms with van der Waals surface area (Å²) in [7, 11) is 0. The van der Waals surface area contributed by atoms with Crippen molar-refractivity contribution in [2.45, 2.75) is 19.8 Å². The molecule has 3 rings (SSSR count). The van der Waals surface area contributed by atoms with Gasteiger partial charge in [-0.25, -0.2) is 4.98 Å². The number of benzene rings is 2. The molecule has 25 heavy (non-hydrogen) atoms. The van der Waals surface area contributed by atoms with Gasteiger partial charge in [0.1, 0.15) is 5.82 Å². The van der Waals surface area contributed by atoms with Crippen molar-refractivity contribution < 1.29 is 0 Å². The molecule has 0 aliphatic rings. The molecule has 0 fully saturated rings. The molecule has 128 valence electrons. The van der Waals surface area contributed by atoms with E-state index >= 15 is 0 Å². The van der Waals surface area contributed by atoms with Crippen LogP contribution in [0.4, 0.5) is 17.5 Å². The summed E-state index contributed by atoms with van der Waals surface area (Å²) >= 11 is 3.52. The predicted molar refractivity (Wildman–Crippen MR) is 107 cm³/mol. The molecule has 0 radical (unpaired) electrons. The molecule has 0 amide bonds. The highest BCUT2D eigenvalue weighted by Gasteiger charge is 2.02. The highest BCUT2D eigenvalue weighted by molar-refractivity contribution is 9.10. The quantitative estimate of drug-likeness (QED) is 0.529. The first-order valence-electron chi connectivity index (χ1n) is 8.35. The summed E-state index contributed by atoms with van der Waals surface area (Å²) < 4.78 is 1.10. The van der Waals surface area contributed by atoms with E-state index in [1.54, 1.807) is 6.20 Å². The van der Waals surface area contributed by atoms with E-state index < -0.39 is 0 Å². The highest BCUT2D eigenvalue weighted by Crippen LogP contribution is 2.22. The molecule has 0 unspecified atom stereocenters. The Bertz CT molecular complexity index is 821. The third-order valence-corrected chi connectivity index (χ3v) is 4.74. The summed E-state index contributed by atoms with van der Waals surface area (Å²) in [5.41, 5.74) is 3.54. The van der Waals surface area contributed by atoms with Crippen LogP contribution in [-0.4, -0.2) is 16.5 Å². The van der Waals surface area contributed by atoms with E-state index in [9.17, 15) is 0 Å². The number of aromatic nitrogens is 2. The van der Waals surface area contributed by atoms with E-state index in [0.717, 1.165) is 35.4 Å². The average Bonchev–Trinajstić information content (AvgIpc) is 2.63. The molecular weight excluding hydrogens is 376 g/mol. The first-order chi connectivity index (χ1) is 12.2. The van der Waals surface area contributed by atoms with Crippen LogP contribution in [0.5, 0.6) is 0 Å². The standard InChI is InChI=1S/C20H21BrN4/c1-15-14-17(9-10-18(15)21)24-19-11-13-23-20(25-19)22-12-5-8-16-6-3-2-4-7-16/h2-4,6-7,9-11,13-14H,5,8,12H2,1H3,(H2,22,23,24,25). The number of anilines is 3. The van der Waals surface area contributed by atoms with Crippen LogP contribution in [0.1, 0.15) is 17.5 Å². The lowest BCUT2D eigenvalue weighted by Crippen LogP contribution is -2.07. The van der Waals surface area contributed by atoms with E-state index in [1.165, 1.54) is 11.1 Å². The molecule has 0 saturated heterocycles. The van der Waals surface area contributed by atoms with Gasteiger partial charge in [0.05, 0.1) is 0 Å². The Morgan fingerprint density at radius 1 is 1.04 bits per heavy atom. The van der Waals surface area contributed by atoms with Crippen LogP contribution < -0.4 is 10.6 Å². The number of rotatable bonds is 7. The number of nitrogens with zero attached hydrogens (tertiary/aromatic N) is 2. The van der Waals surface area contributed by atoms with Crippen LogP contribution in [0.2, 0.25) is 0 Å². The molecule has 0 aliphatic heterocycles. The Hall–Kier alpha value is -2.40. The lowest BCUT2D eigenvalue weighted by molar-refractivity contribution is 0.853. The minimum absolute atomic E-state index is 0.645. The minimum Gasteiger partial charge on any atom is -0.354 e. The van der Waals surface area contributed by atoms with Gasteiger partial charge in [0, 0.05) is 22.9 Å². The Labute approximate surface area is 156 Å². The normalized spacial score (nSPS) is 10.5. The second kappa shape index (κ2) is 8.62. The van der Waals surface area contributed by atoms with Gasteiger partial charge in [-0.15, -0.1) is 0 Å². The molecule has 0 aliphatic carbocycles. The predicted octanol–water partition coefficient (Wildman–Crippen LogP) is 5.34. The van der Waals surface area contributed by atoms with Crippen molar-refractivity contribution in [2.24, 2.45) is 0 Å². The number of halogens is 1. The van der Waals surface area contributed by atoms with E-state index in [1.807, 2.05) is 24.3 Å². The van der Waals surface area contributed by atoms with Crippen molar-refractivity contribution in [2.75, 3.05) is 17.2 Å². The Kier molecular flexibility index (Phi) is 6.01. The van der Waals surface area contributed by atoms with Crippen molar-refractivity contribution >= 4 is 33.4 Å². The van der Waals surface area contributed by atoms with Crippen molar-refractivity contribution in [3.8, 4) is 0 Å². The molecule has 3 aromatic rings. The topological polar surface area (TPSA) is 49.8 Å². The van der Waals surface area contributed by atoms with Gasteiger partial charge in [0.2, 0.25) is 5.95 Å². The fourth-order valence-electron chi connectivity index (χ4n) is 2.52. The van der Waals surface area contributed by atoms with Gasteiger partial charge in [-0.05, 0) is 55.2 Å². The molecule has 1 heterocycles. The van der Waals surface area contributed by atoms with Crippen LogP contribution in [-0.2, 0) is 6.42 Å². The van der Waals surface area contributed by atoms with Crippen LogP contribution in [0.25, 0.3) is 0 Å². The van der Waals surface area contributed by atoms with E-state index in [-0.39, 0.29) is 0 Å². The maximum atomic E-state index is 4.52. The van der Waals surface area contributed by atoms with Gasteiger partial charge < -0.3 is 10.6 Å². The molecular formula is C20H21BrN4. The Morgan fingerprint density at radius 3 is 2.68 bits per heavy atom. The zero-order valence-electron chi connectivity index (χ0n) is 14.2.